The van der Waals surface area contributed by atoms with E-state index in [1.54, 1.807) is 6.07 Å². The van der Waals surface area contributed by atoms with Gasteiger partial charge in [0.2, 0.25) is 5.91 Å². The molecule has 162 valence electrons. The number of nitrogens with two attached hydrogens (primary N) is 1. The normalized spacial score (nSPS) is 21.1. The molecule has 2 atom stereocenters. The number of carbonyl (C=O) groups excluding carboxylic acids is 1. The van der Waals surface area contributed by atoms with Crippen LogP contribution in [0.25, 0.3) is 11.3 Å². The maximum Gasteiger partial charge on any atom is 0.231 e. The molecule has 0 saturated carbocycles. The zero-order valence-corrected chi connectivity index (χ0v) is 18.1. The number of rotatable bonds is 7. The monoisotopic (exact) mass is 416 g/mol. The van der Waals surface area contributed by atoms with Gasteiger partial charge in [0.15, 0.2) is 0 Å². The van der Waals surface area contributed by atoms with E-state index in [9.17, 15) is 13.6 Å². The number of carbonyl (C=O) groups is 1. The minimum atomic E-state index is -0.650. The fourth-order valence-electron chi connectivity index (χ4n) is 4.61. The number of nitrogens with zero attached hydrogens (tertiary/aromatic N) is 3. The highest BCUT2D eigenvalue weighted by atomic mass is 19.1. The van der Waals surface area contributed by atoms with E-state index in [0.29, 0.717) is 19.0 Å². The molecule has 30 heavy (non-hydrogen) atoms. The third kappa shape index (κ3) is 4.36. The molecule has 1 amide bonds. The molecule has 1 heterocycles. The molecule has 7 heteroatoms. The SMILES string of the molecule is CCN(CC(N)=O)C[C@@]1(C)CC[C@H](C(C)C)c2cc(-c3c(F)cccc3F)nnc21. The van der Waals surface area contributed by atoms with E-state index < -0.39 is 11.6 Å². The number of hydrogen-bond acceptors (Lipinski definition) is 4. The second kappa shape index (κ2) is 8.76. The summed E-state index contributed by atoms with van der Waals surface area (Å²) in [5.41, 5.74) is 6.97. The first kappa shape index (κ1) is 22.3. The van der Waals surface area contributed by atoms with Gasteiger partial charge in [0.05, 0.1) is 23.5 Å². The van der Waals surface area contributed by atoms with Crippen LogP contribution in [0, 0.1) is 17.6 Å². The molecule has 2 aromatic rings. The van der Waals surface area contributed by atoms with E-state index >= 15 is 0 Å². The summed E-state index contributed by atoms with van der Waals surface area (Å²) in [5.74, 6) is -1.09. The van der Waals surface area contributed by atoms with Crippen LogP contribution in [0.2, 0.25) is 0 Å². The number of halogens is 2. The average Bonchev–Trinajstić information content (AvgIpc) is 2.67. The van der Waals surface area contributed by atoms with Crippen LogP contribution < -0.4 is 5.73 Å². The van der Waals surface area contributed by atoms with Crippen molar-refractivity contribution in [3.63, 3.8) is 0 Å². The Kier molecular flexibility index (Phi) is 6.50. The summed E-state index contributed by atoms with van der Waals surface area (Å²) < 4.78 is 28.7. The Morgan fingerprint density at radius 3 is 2.53 bits per heavy atom. The second-order valence-corrected chi connectivity index (χ2v) is 8.85. The lowest BCUT2D eigenvalue weighted by Crippen LogP contribution is -2.45. The lowest BCUT2D eigenvalue weighted by molar-refractivity contribution is -0.119. The molecule has 1 aliphatic carbocycles. The van der Waals surface area contributed by atoms with Crippen molar-refractivity contribution in [3.05, 3.63) is 47.2 Å². The van der Waals surface area contributed by atoms with E-state index in [1.165, 1.54) is 18.2 Å². The number of aromatic nitrogens is 2. The van der Waals surface area contributed by atoms with E-state index in [1.807, 2.05) is 11.8 Å². The first-order valence-corrected chi connectivity index (χ1v) is 10.5. The predicted molar refractivity (Wildman–Crippen MR) is 113 cm³/mol. The Hall–Kier alpha value is -2.41. The van der Waals surface area contributed by atoms with E-state index in [0.717, 1.165) is 24.1 Å². The van der Waals surface area contributed by atoms with E-state index in [-0.39, 0.29) is 35.0 Å². The summed E-state index contributed by atoms with van der Waals surface area (Å²) >= 11 is 0. The van der Waals surface area contributed by atoms with Gasteiger partial charge in [-0.25, -0.2) is 8.78 Å². The first-order chi connectivity index (χ1) is 14.2. The average molecular weight is 417 g/mol. The zero-order chi connectivity index (χ0) is 22.1. The molecule has 2 N–H and O–H groups in total. The number of hydrogen-bond donors (Lipinski definition) is 1. The molecule has 3 rings (SSSR count). The highest BCUT2D eigenvalue weighted by molar-refractivity contribution is 5.75. The summed E-state index contributed by atoms with van der Waals surface area (Å²) in [6.07, 6.45) is 1.82. The van der Waals surface area contributed by atoms with Crippen LogP contribution in [0.5, 0.6) is 0 Å². The molecule has 0 radical (unpaired) electrons. The predicted octanol–water partition coefficient (Wildman–Crippen LogP) is 4.02. The quantitative estimate of drug-likeness (QED) is 0.740. The molecule has 0 unspecified atom stereocenters. The van der Waals surface area contributed by atoms with Crippen LogP contribution in [-0.2, 0) is 10.2 Å². The van der Waals surface area contributed by atoms with Crippen LogP contribution in [-0.4, -0.2) is 40.6 Å². The molecule has 0 bridgehead atoms. The van der Waals surface area contributed by atoms with Gasteiger partial charge in [-0.2, -0.15) is 10.2 Å². The Labute approximate surface area is 176 Å². The number of amides is 1. The fraction of sp³-hybridized carbons (Fsp3) is 0.522. The standard InChI is InChI=1S/C23H30F2N4O/c1-5-29(12-20(26)30)13-23(4)10-9-15(14(2)3)16-11-19(27-28-22(16)23)21-17(24)7-6-8-18(21)25/h6-8,11,14-15H,5,9-10,12-13H2,1-4H3,(H2,26,30)/t15-,23-/m1/s1. The molecule has 1 aliphatic rings. The summed E-state index contributed by atoms with van der Waals surface area (Å²) in [6, 6.07) is 5.60. The molecule has 0 spiro atoms. The van der Waals surface area contributed by atoms with Gasteiger partial charge in [-0.15, -0.1) is 0 Å². The van der Waals surface area contributed by atoms with Crippen LogP contribution in [0.15, 0.2) is 24.3 Å². The van der Waals surface area contributed by atoms with Gasteiger partial charge in [-0.3, -0.25) is 9.69 Å². The third-order valence-electron chi connectivity index (χ3n) is 6.22. The van der Waals surface area contributed by atoms with Gasteiger partial charge in [0.25, 0.3) is 0 Å². The summed E-state index contributed by atoms with van der Waals surface area (Å²) in [7, 11) is 0. The van der Waals surface area contributed by atoms with Crippen molar-refractivity contribution in [1.82, 2.24) is 15.1 Å². The van der Waals surface area contributed by atoms with Crippen molar-refractivity contribution >= 4 is 5.91 Å². The minimum absolute atomic E-state index is 0.147. The van der Waals surface area contributed by atoms with Gasteiger partial charge in [0, 0.05) is 12.0 Å². The molecule has 1 aromatic heterocycles. The molecule has 0 saturated heterocycles. The van der Waals surface area contributed by atoms with Crippen LogP contribution in [0.4, 0.5) is 8.78 Å². The van der Waals surface area contributed by atoms with Gasteiger partial charge in [0.1, 0.15) is 11.6 Å². The number of benzene rings is 1. The molecule has 0 aliphatic heterocycles. The zero-order valence-electron chi connectivity index (χ0n) is 18.1. The Bertz CT molecular complexity index is 913. The van der Waals surface area contributed by atoms with Crippen molar-refractivity contribution in [2.45, 2.75) is 51.9 Å². The lowest BCUT2D eigenvalue weighted by atomic mass is 9.67. The molecule has 1 aromatic carbocycles. The maximum absolute atomic E-state index is 14.4. The van der Waals surface area contributed by atoms with Crippen molar-refractivity contribution < 1.29 is 13.6 Å². The Morgan fingerprint density at radius 2 is 1.97 bits per heavy atom. The van der Waals surface area contributed by atoms with Crippen molar-refractivity contribution in [2.75, 3.05) is 19.6 Å². The van der Waals surface area contributed by atoms with Crippen LogP contribution in [0.3, 0.4) is 0 Å². The third-order valence-corrected chi connectivity index (χ3v) is 6.22. The van der Waals surface area contributed by atoms with Crippen LogP contribution >= 0.6 is 0 Å². The summed E-state index contributed by atoms with van der Waals surface area (Å²) in [4.78, 5) is 13.5. The molecular formula is C23H30F2N4O. The highest BCUT2D eigenvalue weighted by Gasteiger charge is 2.40. The first-order valence-electron chi connectivity index (χ1n) is 10.5. The van der Waals surface area contributed by atoms with E-state index in [2.05, 4.69) is 31.0 Å². The summed E-state index contributed by atoms with van der Waals surface area (Å²) in [6.45, 7) is 9.88. The minimum Gasteiger partial charge on any atom is -0.369 e. The molecule has 5 nitrogen and oxygen atoms in total. The smallest absolute Gasteiger partial charge is 0.231 e. The largest absolute Gasteiger partial charge is 0.369 e. The Balaban J connectivity index is 2.08. The van der Waals surface area contributed by atoms with E-state index in [4.69, 9.17) is 5.73 Å². The van der Waals surface area contributed by atoms with Gasteiger partial charge >= 0.3 is 0 Å². The highest BCUT2D eigenvalue weighted by Crippen LogP contribution is 2.45. The molecule has 0 fully saturated rings. The van der Waals surface area contributed by atoms with Gasteiger partial charge in [-0.05, 0) is 55.0 Å². The number of likely N-dealkylation sites (N-methyl/N-ethyl adjacent to an activating group) is 1. The van der Waals surface area contributed by atoms with Crippen molar-refractivity contribution in [1.29, 1.82) is 0 Å². The van der Waals surface area contributed by atoms with Crippen molar-refractivity contribution in [2.24, 2.45) is 11.7 Å². The fourth-order valence-corrected chi connectivity index (χ4v) is 4.61. The van der Waals surface area contributed by atoms with Crippen molar-refractivity contribution in [3.8, 4) is 11.3 Å². The number of primary amides is 1. The van der Waals surface area contributed by atoms with Gasteiger partial charge < -0.3 is 5.73 Å². The van der Waals surface area contributed by atoms with Gasteiger partial charge in [-0.1, -0.05) is 33.8 Å². The number of fused-ring (bicyclic) bond motifs is 1. The second-order valence-electron chi connectivity index (χ2n) is 8.85. The summed E-state index contributed by atoms with van der Waals surface area (Å²) in [5, 5.41) is 8.73. The lowest BCUT2D eigenvalue weighted by Gasteiger charge is -2.42. The topological polar surface area (TPSA) is 72.1 Å². The Morgan fingerprint density at radius 1 is 1.30 bits per heavy atom. The molecular weight excluding hydrogens is 386 g/mol. The van der Waals surface area contributed by atoms with Crippen LogP contribution in [0.1, 0.15) is 57.7 Å². The maximum atomic E-state index is 14.4.